The average molecular weight is 607 g/mol. The standard InChI is InChI=1S/C43H28N2O/c1-4-13-29(14-5-1)32-19-10-21-34(27-32)45(35-22-11-20-33(28-35)30-15-6-2-7-16-30)39-26-25-37-40-36(39)23-12-24-38(40)42-41(37)44-43(46-42)31-17-8-3-9-18-31/h1-28H/i1D,2D,4D,5D,6D,7D,10D,11D,13D,14D,15D,16D,19D,20D,21D,22D,27D,28D. The van der Waals surface area contributed by atoms with Gasteiger partial charge in [0.25, 0.3) is 0 Å². The maximum Gasteiger partial charge on any atom is 0.227 e. The van der Waals surface area contributed by atoms with E-state index in [0.29, 0.717) is 44.8 Å². The first-order valence-corrected chi connectivity index (χ1v) is 14.1. The summed E-state index contributed by atoms with van der Waals surface area (Å²) in [6, 6.07) is 2.50. The Balaban J connectivity index is 1.43. The molecule has 7 aromatic carbocycles. The summed E-state index contributed by atoms with van der Waals surface area (Å²) in [4.78, 5) is 5.81. The zero-order valence-electron chi connectivity index (χ0n) is 41.6. The smallest absolute Gasteiger partial charge is 0.227 e. The van der Waals surface area contributed by atoms with Crippen molar-refractivity contribution in [1.82, 2.24) is 4.98 Å². The molecular formula is C43H28N2O. The monoisotopic (exact) mass is 606 g/mol. The van der Waals surface area contributed by atoms with Gasteiger partial charge in [-0.25, -0.2) is 4.98 Å². The van der Waals surface area contributed by atoms with E-state index in [-0.39, 0.29) is 5.69 Å². The fourth-order valence-electron chi connectivity index (χ4n) is 5.61. The summed E-state index contributed by atoms with van der Waals surface area (Å²) in [6.45, 7) is 0. The second-order valence-electron chi connectivity index (χ2n) is 10.2. The Bertz CT molecular complexity index is 3170. The van der Waals surface area contributed by atoms with Crippen molar-refractivity contribution in [1.29, 1.82) is 0 Å². The predicted octanol–water partition coefficient (Wildman–Crippen LogP) is 11.9. The second kappa shape index (κ2) is 10.8. The molecule has 0 bridgehead atoms. The predicted molar refractivity (Wildman–Crippen MR) is 189 cm³/mol. The van der Waals surface area contributed by atoms with E-state index >= 15 is 0 Å². The molecule has 216 valence electrons. The van der Waals surface area contributed by atoms with Crippen LogP contribution in [0.25, 0.3) is 67.1 Å². The van der Waals surface area contributed by atoms with E-state index in [9.17, 15) is 5.48 Å². The molecular weight excluding hydrogens is 560 g/mol. The minimum absolute atomic E-state index is 0.00804. The lowest BCUT2D eigenvalue weighted by Crippen LogP contribution is -2.11. The van der Waals surface area contributed by atoms with Gasteiger partial charge in [0, 0.05) is 38.8 Å². The first-order valence-electron chi connectivity index (χ1n) is 23.1. The molecule has 0 saturated heterocycles. The molecule has 0 saturated carbocycles. The molecule has 1 aromatic heterocycles. The molecule has 46 heavy (non-hydrogen) atoms. The molecule has 1 heterocycles. The van der Waals surface area contributed by atoms with Crippen LogP contribution in [0.3, 0.4) is 0 Å². The molecule has 0 unspecified atom stereocenters. The zero-order valence-corrected chi connectivity index (χ0v) is 23.6. The molecule has 0 atom stereocenters. The quantitative estimate of drug-likeness (QED) is 0.189. The summed E-state index contributed by atoms with van der Waals surface area (Å²) in [5.74, 6) is 0.741. The second-order valence-corrected chi connectivity index (χ2v) is 10.2. The first-order chi connectivity index (χ1) is 30.3. The summed E-state index contributed by atoms with van der Waals surface area (Å²) in [5.41, 5.74) is -1.58. The number of anilines is 3. The normalized spacial score (nSPS) is 17.0. The summed E-state index contributed by atoms with van der Waals surface area (Å²) < 4.78 is 165. The summed E-state index contributed by atoms with van der Waals surface area (Å²) >= 11 is 0. The topological polar surface area (TPSA) is 29.3 Å². The molecule has 3 heteroatoms. The number of rotatable bonds is 6. The van der Waals surface area contributed by atoms with Crippen LogP contribution >= 0.6 is 0 Å². The highest BCUT2D eigenvalue weighted by Crippen LogP contribution is 2.52. The average Bonchev–Trinajstić information content (AvgIpc) is 3.86. The van der Waals surface area contributed by atoms with E-state index in [0.717, 1.165) is 4.90 Å². The van der Waals surface area contributed by atoms with E-state index in [1.807, 2.05) is 30.3 Å². The zero-order chi connectivity index (χ0) is 46.1. The van der Waals surface area contributed by atoms with E-state index in [1.54, 1.807) is 24.3 Å². The van der Waals surface area contributed by atoms with E-state index in [2.05, 4.69) is 0 Å². The Morgan fingerprint density at radius 1 is 0.522 bits per heavy atom. The highest BCUT2D eigenvalue weighted by atomic mass is 16.4. The van der Waals surface area contributed by atoms with Crippen LogP contribution in [0.4, 0.5) is 17.1 Å². The maximum atomic E-state index is 9.71. The number of oxazole rings is 1. The highest BCUT2D eigenvalue weighted by molar-refractivity contribution is 6.17. The van der Waals surface area contributed by atoms with Crippen LogP contribution in [-0.4, -0.2) is 4.98 Å². The molecule has 8 aromatic rings. The summed E-state index contributed by atoms with van der Waals surface area (Å²) in [7, 11) is 0. The minimum Gasteiger partial charge on any atom is -0.435 e. The van der Waals surface area contributed by atoms with Gasteiger partial charge in [-0.05, 0) is 70.7 Å². The Kier molecular flexibility index (Phi) is 3.24. The SMILES string of the molecule is [2H]c1c([2H])c([2H])c(-c2c([2H])c([2H])c([2H])c(N(c3c([2H])c([2H])c([2H])c(-c4c([2H])c([2H])c([2H])c([2H])c4[2H])c3[2H])c3ccc4c5c(cccc35)-c3oc(-c5ccccc5)nc3-4)c2[2H])c([2H])c1[2H]. The maximum absolute atomic E-state index is 9.71. The van der Waals surface area contributed by atoms with Gasteiger partial charge in [-0.2, -0.15) is 0 Å². The number of nitrogens with zero attached hydrogens (tertiary/aromatic N) is 2. The number of hydrogen-bond acceptors (Lipinski definition) is 3. The van der Waals surface area contributed by atoms with Crippen molar-refractivity contribution in [2.75, 3.05) is 4.90 Å². The van der Waals surface area contributed by atoms with Crippen LogP contribution in [0.1, 0.15) is 24.7 Å². The number of fused-ring (bicyclic) bond motifs is 3. The third-order valence-corrected chi connectivity index (χ3v) is 7.58. The molecule has 0 radical (unpaired) electrons. The van der Waals surface area contributed by atoms with Crippen LogP contribution in [0, 0.1) is 0 Å². The lowest BCUT2D eigenvalue weighted by molar-refractivity contribution is 0.590. The molecule has 0 aliphatic heterocycles. The number of benzene rings is 7. The fraction of sp³-hybridized carbons (Fsp3) is 0. The van der Waals surface area contributed by atoms with Crippen molar-refractivity contribution in [2.45, 2.75) is 0 Å². The van der Waals surface area contributed by atoms with Gasteiger partial charge in [-0.15, -0.1) is 0 Å². The van der Waals surface area contributed by atoms with Crippen molar-refractivity contribution in [3.8, 4) is 56.3 Å². The van der Waals surface area contributed by atoms with E-state index in [1.165, 1.54) is 6.07 Å². The van der Waals surface area contributed by atoms with Gasteiger partial charge in [0.2, 0.25) is 5.89 Å². The van der Waals surface area contributed by atoms with Crippen LogP contribution in [0.2, 0.25) is 0 Å². The van der Waals surface area contributed by atoms with Gasteiger partial charge in [0.1, 0.15) is 5.69 Å². The third kappa shape index (κ3) is 4.33. The summed E-state index contributed by atoms with van der Waals surface area (Å²) in [5, 5.41) is 0.837. The van der Waals surface area contributed by atoms with E-state index in [4.69, 9.17) is 28.6 Å². The number of hydrogen-bond donors (Lipinski definition) is 0. The Morgan fingerprint density at radius 2 is 1.15 bits per heavy atom. The summed E-state index contributed by atoms with van der Waals surface area (Å²) in [6.07, 6.45) is 0. The van der Waals surface area contributed by atoms with Crippen LogP contribution < -0.4 is 4.90 Å². The van der Waals surface area contributed by atoms with Gasteiger partial charge in [0.15, 0.2) is 5.76 Å². The van der Waals surface area contributed by atoms with E-state index < -0.39 is 142 Å². The van der Waals surface area contributed by atoms with Gasteiger partial charge in [0.05, 0.1) is 30.4 Å². The van der Waals surface area contributed by atoms with Crippen LogP contribution in [0.5, 0.6) is 0 Å². The molecule has 3 nitrogen and oxygen atoms in total. The van der Waals surface area contributed by atoms with Crippen molar-refractivity contribution in [3.63, 3.8) is 0 Å². The lowest BCUT2D eigenvalue weighted by atomic mass is 9.99. The molecule has 9 rings (SSSR count). The fourth-order valence-corrected chi connectivity index (χ4v) is 5.61. The third-order valence-electron chi connectivity index (χ3n) is 7.58. The van der Waals surface area contributed by atoms with Gasteiger partial charge >= 0.3 is 0 Å². The molecule has 0 fully saturated rings. The minimum atomic E-state index is -0.882. The van der Waals surface area contributed by atoms with Gasteiger partial charge in [-0.1, -0.05) is 121 Å². The van der Waals surface area contributed by atoms with Crippen molar-refractivity contribution in [2.24, 2.45) is 0 Å². The van der Waals surface area contributed by atoms with Crippen molar-refractivity contribution >= 4 is 27.8 Å². The molecule has 0 spiro atoms. The largest absolute Gasteiger partial charge is 0.435 e. The van der Waals surface area contributed by atoms with Crippen molar-refractivity contribution in [3.05, 3.63) is 169 Å². The Hall–Kier alpha value is -6.19. The highest BCUT2D eigenvalue weighted by Gasteiger charge is 2.30. The number of aromatic nitrogens is 1. The molecule has 1 aliphatic rings. The Labute approximate surface area is 293 Å². The Morgan fingerprint density at radius 3 is 1.80 bits per heavy atom. The van der Waals surface area contributed by atoms with Gasteiger partial charge < -0.3 is 9.32 Å². The molecule has 1 aliphatic carbocycles. The lowest BCUT2D eigenvalue weighted by Gasteiger charge is -2.28. The molecule has 0 amide bonds. The van der Waals surface area contributed by atoms with Crippen LogP contribution in [0.15, 0.2) is 174 Å². The molecule has 0 N–H and O–H groups in total. The van der Waals surface area contributed by atoms with Crippen molar-refractivity contribution < 1.29 is 29.1 Å². The van der Waals surface area contributed by atoms with Gasteiger partial charge in [-0.3, -0.25) is 0 Å². The van der Waals surface area contributed by atoms with Crippen LogP contribution in [-0.2, 0) is 0 Å². The first kappa shape index (κ1) is 13.8.